The lowest BCUT2D eigenvalue weighted by Gasteiger charge is -2.07. The fourth-order valence-corrected chi connectivity index (χ4v) is 2.88. The van der Waals surface area contributed by atoms with E-state index in [1.165, 1.54) is 17.3 Å². The molecule has 3 aromatic rings. The monoisotopic (exact) mass is 283 g/mol. The van der Waals surface area contributed by atoms with Crippen molar-refractivity contribution in [2.75, 3.05) is 5.84 Å². The van der Waals surface area contributed by atoms with Crippen molar-refractivity contribution in [2.45, 2.75) is 16.8 Å². The zero-order chi connectivity index (χ0) is 14.1. The summed E-state index contributed by atoms with van der Waals surface area (Å²) in [4.78, 5) is 13.9. The maximum atomic E-state index is 11.9. The molecule has 0 saturated heterocycles. The van der Waals surface area contributed by atoms with Gasteiger partial charge in [-0.15, -0.1) is 9.89 Å². The number of rotatable bonds is 2. The molecule has 20 heavy (non-hydrogen) atoms. The summed E-state index contributed by atoms with van der Waals surface area (Å²) < 4.78 is 0. The molecule has 0 bridgehead atoms. The van der Waals surface area contributed by atoms with Crippen LogP contribution in [0.25, 0.3) is 10.8 Å². The van der Waals surface area contributed by atoms with E-state index in [1.807, 2.05) is 49.4 Å². The van der Waals surface area contributed by atoms with E-state index in [-0.39, 0.29) is 5.56 Å². The summed E-state index contributed by atoms with van der Waals surface area (Å²) in [5.74, 6) is 5.64. The van der Waals surface area contributed by atoms with Crippen LogP contribution >= 0.6 is 11.8 Å². The number of nitrogens with two attached hydrogens (primary N) is 1. The first kappa shape index (κ1) is 12.7. The van der Waals surface area contributed by atoms with Gasteiger partial charge in [0.1, 0.15) is 5.03 Å². The molecule has 2 N–H and O–H groups in total. The van der Waals surface area contributed by atoms with Crippen LogP contribution in [0.2, 0.25) is 0 Å². The van der Waals surface area contributed by atoms with Crippen LogP contribution in [0.3, 0.4) is 0 Å². The molecule has 100 valence electrons. The third-order valence-electron chi connectivity index (χ3n) is 3.03. The summed E-state index contributed by atoms with van der Waals surface area (Å²) in [6, 6.07) is 15.5. The molecule has 0 saturated carbocycles. The summed E-state index contributed by atoms with van der Waals surface area (Å²) in [5, 5.41) is 6.30. The minimum Gasteiger partial charge on any atom is -0.320 e. The molecule has 0 amide bonds. The predicted molar refractivity (Wildman–Crippen MR) is 81.5 cm³/mol. The lowest BCUT2D eigenvalue weighted by atomic mass is 10.2. The molecule has 3 rings (SSSR count). The third kappa shape index (κ3) is 2.28. The van der Waals surface area contributed by atoms with Gasteiger partial charge in [-0.2, -0.15) is 0 Å². The molecule has 2 aromatic carbocycles. The van der Waals surface area contributed by atoms with Gasteiger partial charge in [0.15, 0.2) is 0 Å². The lowest BCUT2D eigenvalue weighted by Crippen LogP contribution is -2.30. The third-order valence-corrected chi connectivity index (χ3v) is 4.03. The molecular formula is C15H13N3OS. The first-order chi connectivity index (χ1) is 9.65. The average Bonchev–Trinajstić information content (AvgIpc) is 2.47. The topological polar surface area (TPSA) is 60.9 Å². The van der Waals surface area contributed by atoms with Crippen LogP contribution in [-0.2, 0) is 0 Å². The Morgan fingerprint density at radius 1 is 1.05 bits per heavy atom. The van der Waals surface area contributed by atoms with Crippen molar-refractivity contribution >= 4 is 22.5 Å². The van der Waals surface area contributed by atoms with Gasteiger partial charge in [0.2, 0.25) is 0 Å². The Labute approximate surface area is 120 Å². The molecule has 1 heterocycles. The summed E-state index contributed by atoms with van der Waals surface area (Å²) in [5.41, 5.74) is 0.921. The number of fused-ring (bicyclic) bond motifs is 1. The Balaban J connectivity index is 2.14. The largest absolute Gasteiger partial charge is 0.320 e. The lowest BCUT2D eigenvalue weighted by molar-refractivity contribution is 0.733. The molecule has 5 heteroatoms. The summed E-state index contributed by atoms with van der Waals surface area (Å²) in [7, 11) is 0. The Morgan fingerprint density at radius 3 is 2.40 bits per heavy atom. The van der Waals surface area contributed by atoms with E-state index in [4.69, 9.17) is 5.84 Å². The van der Waals surface area contributed by atoms with Crippen molar-refractivity contribution < 1.29 is 0 Å². The molecule has 4 nitrogen and oxygen atoms in total. The van der Waals surface area contributed by atoms with Crippen molar-refractivity contribution in [1.82, 2.24) is 9.89 Å². The van der Waals surface area contributed by atoms with E-state index in [2.05, 4.69) is 5.10 Å². The van der Waals surface area contributed by atoms with Gasteiger partial charge in [0.05, 0.1) is 5.39 Å². The van der Waals surface area contributed by atoms with E-state index >= 15 is 0 Å². The van der Waals surface area contributed by atoms with Crippen molar-refractivity contribution in [2.24, 2.45) is 0 Å². The molecule has 1 aromatic heterocycles. The van der Waals surface area contributed by atoms with Crippen LogP contribution in [0.4, 0.5) is 0 Å². The van der Waals surface area contributed by atoms with Gasteiger partial charge in [-0.1, -0.05) is 47.7 Å². The van der Waals surface area contributed by atoms with Crippen LogP contribution in [0, 0.1) is 6.92 Å². The highest BCUT2D eigenvalue weighted by atomic mass is 32.2. The quantitative estimate of drug-likeness (QED) is 0.734. The van der Waals surface area contributed by atoms with Gasteiger partial charge < -0.3 is 5.84 Å². The fourth-order valence-electron chi connectivity index (χ4n) is 1.97. The Morgan fingerprint density at radius 2 is 1.70 bits per heavy atom. The number of aryl methyl sites for hydroxylation is 1. The van der Waals surface area contributed by atoms with Crippen molar-refractivity contribution in [3.63, 3.8) is 0 Å². The Hall–Kier alpha value is -2.27. The van der Waals surface area contributed by atoms with Crippen LogP contribution in [0.5, 0.6) is 0 Å². The molecule has 0 radical (unpaired) electrons. The summed E-state index contributed by atoms with van der Waals surface area (Å²) >= 11 is 1.50. The maximum absolute atomic E-state index is 11.9. The summed E-state index contributed by atoms with van der Waals surface area (Å²) in [6.45, 7) is 2.04. The van der Waals surface area contributed by atoms with E-state index < -0.39 is 0 Å². The van der Waals surface area contributed by atoms with Crippen molar-refractivity contribution in [3.8, 4) is 0 Å². The first-order valence-corrected chi connectivity index (χ1v) is 6.98. The molecule has 0 aliphatic rings. The van der Waals surface area contributed by atoms with Crippen LogP contribution in [0.15, 0.2) is 63.2 Å². The highest BCUT2D eigenvalue weighted by Crippen LogP contribution is 2.30. The van der Waals surface area contributed by atoms with E-state index in [1.54, 1.807) is 6.07 Å². The number of benzene rings is 2. The fraction of sp³-hybridized carbons (Fsp3) is 0.0667. The standard InChI is InChI=1S/C15H13N3OS/c1-10-6-8-11(9-7-10)20-14-12-4-2-3-5-13(12)15(19)18(16)17-14/h2-9H,16H2,1H3. The Kier molecular flexibility index (Phi) is 3.20. The zero-order valence-corrected chi connectivity index (χ0v) is 11.7. The number of nitrogen functional groups attached to an aromatic ring is 1. The van der Waals surface area contributed by atoms with Crippen LogP contribution in [-0.4, -0.2) is 9.89 Å². The van der Waals surface area contributed by atoms with E-state index in [9.17, 15) is 4.79 Å². The zero-order valence-electron chi connectivity index (χ0n) is 10.9. The second-order valence-electron chi connectivity index (χ2n) is 4.52. The first-order valence-electron chi connectivity index (χ1n) is 6.17. The van der Waals surface area contributed by atoms with Crippen molar-refractivity contribution in [1.29, 1.82) is 0 Å². The van der Waals surface area contributed by atoms with E-state index in [0.717, 1.165) is 20.1 Å². The van der Waals surface area contributed by atoms with Gasteiger partial charge in [0, 0.05) is 10.3 Å². The molecule has 0 fully saturated rings. The average molecular weight is 283 g/mol. The number of nitrogens with zero attached hydrogens (tertiary/aromatic N) is 2. The number of hydrogen-bond donors (Lipinski definition) is 1. The second-order valence-corrected chi connectivity index (χ2v) is 5.58. The highest BCUT2D eigenvalue weighted by molar-refractivity contribution is 7.99. The minimum atomic E-state index is -0.283. The van der Waals surface area contributed by atoms with Gasteiger partial charge in [0.25, 0.3) is 5.56 Å². The van der Waals surface area contributed by atoms with Gasteiger partial charge in [-0.25, -0.2) is 0 Å². The molecule has 0 atom stereocenters. The van der Waals surface area contributed by atoms with Gasteiger partial charge in [-0.05, 0) is 25.1 Å². The van der Waals surface area contributed by atoms with Crippen LogP contribution in [0.1, 0.15) is 5.56 Å². The molecule has 0 aliphatic carbocycles. The molecule has 0 aliphatic heterocycles. The van der Waals surface area contributed by atoms with E-state index in [0.29, 0.717) is 5.39 Å². The minimum absolute atomic E-state index is 0.283. The van der Waals surface area contributed by atoms with Crippen molar-refractivity contribution in [3.05, 3.63) is 64.4 Å². The highest BCUT2D eigenvalue weighted by Gasteiger charge is 2.10. The molecule has 0 spiro atoms. The van der Waals surface area contributed by atoms with Crippen LogP contribution < -0.4 is 11.4 Å². The summed E-state index contributed by atoms with van der Waals surface area (Å²) in [6.07, 6.45) is 0. The number of aromatic nitrogens is 2. The molecule has 0 unspecified atom stereocenters. The Bertz CT molecular complexity index is 825. The maximum Gasteiger partial charge on any atom is 0.293 e. The van der Waals surface area contributed by atoms with Gasteiger partial charge >= 0.3 is 0 Å². The SMILES string of the molecule is Cc1ccc(Sc2nn(N)c(=O)c3ccccc23)cc1. The second kappa shape index (κ2) is 5.02. The smallest absolute Gasteiger partial charge is 0.293 e. The normalized spacial score (nSPS) is 10.8. The number of hydrogen-bond acceptors (Lipinski definition) is 4. The molecular weight excluding hydrogens is 270 g/mol. The van der Waals surface area contributed by atoms with Gasteiger partial charge in [-0.3, -0.25) is 4.79 Å². The predicted octanol–water partition coefficient (Wildman–Crippen LogP) is 2.57.